The molecule has 0 radical (unpaired) electrons. The summed E-state index contributed by atoms with van der Waals surface area (Å²) in [4.78, 5) is 28.0. The molecule has 1 heterocycles. The van der Waals surface area contributed by atoms with Crippen LogP contribution in [0, 0.1) is 0 Å². The number of amides is 2. The third-order valence-corrected chi connectivity index (χ3v) is 4.57. The molecule has 2 amide bonds. The fraction of sp³-hybridized carbons (Fsp3) is 0.364. The minimum absolute atomic E-state index is 0.306. The third kappa shape index (κ3) is 4.82. The number of fused-ring (bicyclic) bond motifs is 1. The number of nitrogens with zero attached hydrogens (tertiary/aromatic N) is 2. The highest BCUT2D eigenvalue weighted by molar-refractivity contribution is 5.92. The lowest BCUT2D eigenvalue weighted by Crippen LogP contribution is -2.39. The smallest absolute Gasteiger partial charge is 0.410 e. The Morgan fingerprint density at radius 3 is 2.54 bits per heavy atom. The molecule has 2 N–H and O–H groups in total. The van der Waals surface area contributed by atoms with E-state index in [4.69, 9.17) is 10.5 Å². The van der Waals surface area contributed by atoms with E-state index >= 15 is 0 Å². The van der Waals surface area contributed by atoms with Crippen LogP contribution >= 0.6 is 0 Å². The summed E-state index contributed by atoms with van der Waals surface area (Å²) in [6.45, 7) is 7.96. The average Bonchev–Trinajstić information content (AvgIpc) is 2.81. The van der Waals surface area contributed by atoms with Gasteiger partial charge in [-0.15, -0.1) is 0 Å². The van der Waals surface area contributed by atoms with E-state index in [2.05, 4.69) is 11.0 Å². The van der Waals surface area contributed by atoms with E-state index in [-0.39, 0.29) is 6.09 Å². The van der Waals surface area contributed by atoms with Crippen LogP contribution in [0.3, 0.4) is 0 Å². The molecule has 3 rings (SSSR count). The van der Waals surface area contributed by atoms with Crippen LogP contribution in [-0.4, -0.2) is 35.6 Å². The molecule has 0 aromatic heterocycles. The fourth-order valence-corrected chi connectivity index (χ4v) is 3.29. The van der Waals surface area contributed by atoms with E-state index in [0.29, 0.717) is 31.7 Å². The first-order chi connectivity index (χ1) is 13.2. The molecule has 28 heavy (non-hydrogen) atoms. The topological polar surface area (TPSA) is 75.9 Å². The van der Waals surface area contributed by atoms with Gasteiger partial charge < -0.3 is 20.3 Å². The predicted octanol–water partition coefficient (Wildman–Crippen LogP) is 3.54. The summed E-state index contributed by atoms with van der Waals surface area (Å²) in [5.74, 6) is -0.436. The molecule has 148 valence electrons. The van der Waals surface area contributed by atoms with Gasteiger partial charge in [0.05, 0.1) is 6.54 Å². The van der Waals surface area contributed by atoms with Gasteiger partial charge in [-0.3, -0.25) is 4.79 Å². The van der Waals surface area contributed by atoms with Crippen LogP contribution in [0.15, 0.2) is 48.5 Å². The van der Waals surface area contributed by atoms with E-state index in [1.54, 1.807) is 11.0 Å². The number of primary amides is 1. The maximum atomic E-state index is 12.6. The molecule has 1 aliphatic heterocycles. The number of anilines is 1. The zero-order valence-electron chi connectivity index (χ0n) is 16.6. The lowest BCUT2D eigenvalue weighted by atomic mass is 10.1. The van der Waals surface area contributed by atoms with Crippen LogP contribution in [0.1, 0.15) is 42.3 Å². The van der Waals surface area contributed by atoms with Crippen molar-refractivity contribution >= 4 is 17.7 Å². The number of ether oxygens (including phenoxy) is 1. The van der Waals surface area contributed by atoms with E-state index < -0.39 is 11.5 Å². The van der Waals surface area contributed by atoms with Gasteiger partial charge in [0.15, 0.2) is 0 Å². The Morgan fingerprint density at radius 1 is 1.07 bits per heavy atom. The highest BCUT2D eigenvalue weighted by Crippen LogP contribution is 2.27. The molecule has 0 unspecified atom stereocenters. The van der Waals surface area contributed by atoms with Gasteiger partial charge in [-0.05, 0) is 50.1 Å². The van der Waals surface area contributed by atoms with E-state index in [9.17, 15) is 9.59 Å². The van der Waals surface area contributed by atoms with Crippen LogP contribution in [-0.2, 0) is 17.8 Å². The largest absolute Gasteiger partial charge is 0.444 e. The zero-order chi connectivity index (χ0) is 20.3. The number of hydrogen-bond donors (Lipinski definition) is 1. The summed E-state index contributed by atoms with van der Waals surface area (Å²) in [5, 5.41) is 0. The number of benzene rings is 2. The summed E-state index contributed by atoms with van der Waals surface area (Å²) in [5.41, 5.74) is 8.52. The minimum atomic E-state index is -0.530. The first-order valence-corrected chi connectivity index (χ1v) is 9.42. The Hall–Kier alpha value is -3.02. The quantitative estimate of drug-likeness (QED) is 0.882. The third-order valence-electron chi connectivity index (χ3n) is 4.57. The van der Waals surface area contributed by atoms with Crippen molar-refractivity contribution in [2.75, 3.05) is 18.0 Å². The van der Waals surface area contributed by atoms with E-state index in [0.717, 1.165) is 16.8 Å². The van der Waals surface area contributed by atoms with Crippen LogP contribution in [0.4, 0.5) is 10.5 Å². The van der Waals surface area contributed by atoms with E-state index in [1.807, 2.05) is 57.2 Å². The molecule has 0 spiro atoms. The van der Waals surface area contributed by atoms with Crippen molar-refractivity contribution in [3.63, 3.8) is 0 Å². The van der Waals surface area contributed by atoms with Gasteiger partial charge in [0.25, 0.3) is 0 Å². The van der Waals surface area contributed by atoms with Gasteiger partial charge in [-0.1, -0.05) is 30.3 Å². The maximum Gasteiger partial charge on any atom is 0.410 e. The Balaban J connectivity index is 1.83. The van der Waals surface area contributed by atoms with Gasteiger partial charge in [-0.25, -0.2) is 4.79 Å². The summed E-state index contributed by atoms with van der Waals surface area (Å²) < 4.78 is 5.56. The van der Waals surface area contributed by atoms with Crippen molar-refractivity contribution in [1.82, 2.24) is 4.90 Å². The zero-order valence-corrected chi connectivity index (χ0v) is 16.6. The average molecular weight is 381 g/mol. The second-order valence-electron chi connectivity index (χ2n) is 8.02. The lowest BCUT2D eigenvalue weighted by Gasteiger charge is -2.27. The number of rotatable bonds is 3. The normalized spacial score (nSPS) is 14.2. The second kappa shape index (κ2) is 7.92. The summed E-state index contributed by atoms with van der Waals surface area (Å²) >= 11 is 0. The number of carbonyl (C=O) groups is 2. The summed E-state index contributed by atoms with van der Waals surface area (Å²) in [6.07, 6.45) is -0.306. The number of hydrogen-bond acceptors (Lipinski definition) is 4. The molecule has 6 nitrogen and oxygen atoms in total. The van der Waals surface area contributed by atoms with Crippen LogP contribution < -0.4 is 10.6 Å². The molecule has 0 saturated carbocycles. The van der Waals surface area contributed by atoms with Crippen molar-refractivity contribution in [3.05, 3.63) is 65.2 Å². The summed E-state index contributed by atoms with van der Waals surface area (Å²) in [7, 11) is 0. The molecule has 0 atom stereocenters. The molecule has 2 aromatic carbocycles. The van der Waals surface area contributed by atoms with E-state index in [1.165, 1.54) is 0 Å². The number of para-hydroxylation sites is 1. The minimum Gasteiger partial charge on any atom is -0.444 e. The number of nitrogens with two attached hydrogens (primary N) is 1. The molecular weight excluding hydrogens is 354 g/mol. The molecule has 2 aromatic rings. The van der Waals surface area contributed by atoms with Crippen molar-refractivity contribution in [3.8, 4) is 0 Å². The monoisotopic (exact) mass is 381 g/mol. The number of carbonyl (C=O) groups excluding carboxylic acids is 2. The highest BCUT2D eigenvalue weighted by atomic mass is 16.6. The fourth-order valence-electron chi connectivity index (χ4n) is 3.29. The molecule has 1 aliphatic rings. The van der Waals surface area contributed by atoms with Crippen molar-refractivity contribution in [1.29, 1.82) is 0 Å². The van der Waals surface area contributed by atoms with Gasteiger partial charge in [0, 0.05) is 30.9 Å². The Kier molecular flexibility index (Phi) is 5.58. The maximum absolute atomic E-state index is 12.6. The highest BCUT2D eigenvalue weighted by Gasteiger charge is 2.26. The molecule has 0 bridgehead atoms. The van der Waals surface area contributed by atoms with Crippen molar-refractivity contribution in [2.24, 2.45) is 5.73 Å². The van der Waals surface area contributed by atoms with Crippen molar-refractivity contribution in [2.45, 2.75) is 39.5 Å². The molecule has 0 saturated heterocycles. The first kappa shape index (κ1) is 19.7. The Bertz CT molecular complexity index is 873. The van der Waals surface area contributed by atoms with Gasteiger partial charge in [0.2, 0.25) is 5.91 Å². The lowest BCUT2D eigenvalue weighted by molar-refractivity contribution is 0.0243. The van der Waals surface area contributed by atoms with Crippen molar-refractivity contribution < 1.29 is 14.3 Å². The standard InChI is InChI=1S/C22H27N3O3/c1-22(2,3)28-21(27)25-12-11-24(19-10-5-4-8-18(19)15-25)14-16-7-6-9-17(13-16)20(23)26/h4-10,13H,11-12,14-15H2,1-3H3,(H2,23,26). The molecule has 6 heteroatoms. The Labute approximate surface area is 165 Å². The van der Waals surface area contributed by atoms with Gasteiger partial charge in [0.1, 0.15) is 5.60 Å². The van der Waals surface area contributed by atoms with Crippen LogP contribution in [0.25, 0.3) is 0 Å². The second-order valence-corrected chi connectivity index (χ2v) is 8.02. The molecule has 0 fully saturated rings. The first-order valence-electron chi connectivity index (χ1n) is 9.42. The van der Waals surface area contributed by atoms with Crippen LogP contribution in [0.5, 0.6) is 0 Å². The van der Waals surface area contributed by atoms with Crippen LogP contribution in [0.2, 0.25) is 0 Å². The summed E-state index contributed by atoms with van der Waals surface area (Å²) in [6, 6.07) is 15.4. The SMILES string of the molecule is CC(C)(C)OC(=O)N1CCN(Cc2cccc(C(N)=O)c2)c2ccccc2C1. The van der Waals surface area contributed by atoms with Gasteiger partial charge >= 0.3 is 6.09 Å². The Morgan fingerprint density at radius 2 is 1.82 bits per heavy atom. The van der Waals surface area contributed by atoms with Gasteiger partial charge in [-0.2, -0.15) is 0 Å². The molecule has 0 aliphatic carbocycles. The molecular formula is C22H27N3O3. The predicted molar refractivity (Wildman–Crippen MR) is 109 cm³/mol.